The van der Waals surface area contributed by atoms with E-state index < -0.39 is 11.5 Å². The van der Waals surface area contributed by atoms with Gasteiger partial charge in [-0.3, -0.25) is 4.79 Å². The Labute approximate surface area is 184 Å². The normalized spacial score (nSPS) is 26.5. The highest BCUT2D eigenvalue weighted by Gasteiger charge is 2.40. The molecule has 1 saturated carbocycles. The van der Waals surface area contributed by atoms with Gasteiger partial charge in [0.25, 0.3) is 0 Å². The predicted octanol–water partition coefficient (Wildman–Crippen LogP) is 5.74. The molecule has 30 heavy (non-hydrogen) atoms. The average Bonchev–Trinajstić information content (AvgIpc) is 2.60. The number of urea groups is 1. The highest BCUT2D eigenvalue weighted by atomic mass is 35.5. The standard InChI is InChI=1S/C24H33ClN2O3/c1-14(2)16-10-17(11-16)19-7-6-18(12-21(19)25)24(5)20(15(3)4)13-27(23(30)26-24)9-8-22(28)29/h6-7,12-17H,8-11H2,1-5H3,(H,26,30)(H,28,29)/t16?,17?,24-/m0/s1. The highest BCUT2D eigenvalue weighted by Crippen LogP contribution is 2.48. The number of halogens is 1. The van der Waals surface area contributed by atoms with Gasteiger partial charge in [-0.2, -0.15) is 0 Å². The van der Waals surface area contributed by atoms with Crippen molar-refractivity contribution in [3.05, 3.63) is 46.1 Å². The first-order valence-corrected chi connectivity index (χ1v) is 11.2. The van der Waals surface area contributed by atoms with Gasteiger partial charge in [0.05, 0.1) is 12.0 Å². The number of nitrogens with zero attached hydrogens (tertiary/aromatic N) is 1. The first-order chi connectivity index (χ1) is 14.0. The molecule has 1 fully saturated rings. The minimum atomic E-state index is -0.922. The lowest BCUT2D eigenvalue weighted by Crippen LogP contribution is -2.55. The molecular weight excluding hydrogens is 400 g/mol. The number of hydrogen-bond donors (Lipinski definition) is 2. The van der Waals surface area contributed by atoms with E-state index in [1.54, 1.807) is 0 Å². The van der Waals surface area contributed by atoms with E-state index in [0.717, 1.165) is 22.1 Å². The van der Waals surface area contributed by atoms with Crippen LogP contribution in [-0.2, 0) is 10.3 Å². The van der Waals surface area contributed by atoms with Gasteiger partial charge in [0.2, 0.25) is 0 Å². The summed E-state index contributed by atoms with van der Waals surface area (Å²) in [4.78, 5) is 25.1. The predicted molar refractivity (Wildman–Crippen MR) is 120 cm³/mol. The van der Waals surface area contributed by atoms with Crippen molar-refractivity contribution >= 4 is 23.6 Å². The third-order valence-corrected chi connectivity index (χ3v) is 7.14. The minimum Gasteiger partial charge on any atom is -0.481 e. The summed E-state index contributed by atoms with van der Waals surface area (Å²) in [6.45, 7) is 10.8. The third kappa shape index (κ3) is 4.36. The van der Waals surface area contributed by atoms with Crippen LogP contribution in [0.2, 0.25) is 5.02 Å². The maximum absolute atomic E-state index is 12.7. The summed E-state index contributed by atoms with van der Waals surface area (Å²) in [6.07, 6.45) is 4.08. The monoisotopic (exact) mass is 432 g/mol. The van der Waals surface area contributed by atoms with E-state index in [1.807, 2.05) is 19.2 Å². The van der Waals surface area contributed by atoms with E-state index in [2.05, 4.69) is 45.1 Å². The lowest BCUT2D eigenvalue weighted by molar-refractivity contribution is -0.137. The highest BCUT2D eigenvalue weighted by molar-refractivity contribution is 6.31. The van der Waals surface area contributed by atoms with Crippen LogP contribution >= 0.6 is 11.6 Å². The number of carboxylic acids is 1. The maximum atomic E-state index is 12.7. The second-order valence-electron chi connectivity index (χ2n) is 9.54. The van der Waals surface area contributed by atoms with Crippen molar-refractivity contribution in [1.29, 1.82) is 0 Å². The second-order valence-corrected chi connectivity index (χ2v) is 9.95. The first kappa shape index (κ1) is 22.7. The summed E-state index contributed by atoms with van der Waals surface area (Å²) < 4.78 is 0. The van der Waals surface area contributed by atoms with Crippen molar-refractivity contribution in [3.63, 3.8) is 0 Å². The smallest absolute Gasteiger partial charge is 0.322 e. The number of amides is 2. The molecule has 0 spiro atoms. The fourth-order valence-corrected chi connectivity index (χ4v) is 5.03. The van der Waals surface area contributed by atoms with Crippen LogP contribution in [0.4, 0.5) is 4.79 Å². The summed E-state index contributed by atoms with van der Waals surface area (Å²) in [6, 6.07) is 5.89. The Hall–Kier alpha value is -2.01. The summed E-state index contributed by atoms with van der Waals surface area (Å²) in [5.74, 6) is 1.24. The summed E-state index contributed by atoms with van der Waals surface area (Å²) >= 11 is 6.71. The van der Waals surface area contributed by atoms with Crippen LogP contribution in [0.25, 0.3) is 0 Å². The Bertz CT molecular complexity index is 858. The molecule has 1 aliphatic heterocycles. The van der Waals surface area contributed by atoms with E-state index in [0.29, 0.717) is 11.8 Å². The van der Waals surface area contributed by atoms with E-state index in [1.165, 1.54) is 23.3 Å². The zero-order chi connectivity index (χ0) is 22.2. The fraction of sp³-hybridized carbons (Fsp3) is 0.583. The number of hydrogen-bond acceptors (Lipinski definition) is 2. The molecule has 0 radical (unpaired) electrons. The molecule has 1 aromatic rings. The van der Waals surface area contributed by atoms with Gasteiger partial charge in [-0.05, 0) is 66.2 Å². The largest absolute Gasteiger partial charge is 0.481 e. The lowest BCUT2D eigenvalue weighted by atomic mass is 9.66. The number of benzene rings is 1. The van der Waals surface area contributed by atoms with Crippen LogP contribution in [-0.4, -0.2) is 28.6 Å². The maximum Gasteiger partial charge on any atom is 0.322 e. The Balaban J connectivity index is 1.88. The Morgan fingerprint density at radius 3 is 2.50 bits per heavy atom. The summed E-state index contributed by atoms with van der Waals surface area (Å²) in [5.41, 5.74) is 2.48. The van der Waals surface area contributed by atoms with E-state index in [-0.39, 0.29) is 24.9 Å². The van der Waals surface area contributed by atoms with Crippen LogP contribution in [0.3, 0.4) is 0 Å². The molecule has 1 atom stereocenters. The van der Waals surface area contributed by atoms with Crippen molar-refractivity contribution in [1.82, 2.24) is 10.2 Å². The molecule has 0 unspecified atom stereocenters. The fourth-order valence-electron chi connectivity index (χ4n) is 4.69. The zero-order valence-electron chi connectivity index (χ0n) is 18.5. The van der Waals surface area contributed by atoms with Crippen molar-refractivity contribution in [2.24, 2.45) is 17.8 Å². The molecule has 2 amide bonds. The van der Waals surface area contributed by atoms with E-state index in [9.17, 15) is 9.59 Å². The van der Waals surface area contributed by atoms with Gasteiger partial charge in [0.15, 0.2) is 0 Å². The SMILES string of the molecule is CC(C)C1=CN(CCC(=O)O)C(=O)N[C@@]1(C)c1ccc(C2CC(C(C)C)C2)c(Cl)c1. The number of aliphatic carboxylic acids is 1. The van der Waals surface area contributed by atoms with E-state index in [4.69, 9.17) is 16.7 Å². The van der Waals surface area contributed by atoms with Crippen LogP contribution < -0.4 is 5.32 Å². The van der Waals surface area contributed by atoms with Gasteiger partial charge < -0.3 is 15.3 Å². The van der Waals surface area contributed by atoms with Crippen LogP contribution in [0.15, 0.2) is 30.0 Å². The van der Waals surface area contributed by atoms with Crippen LogP contribution in [0.1, 0.15) is 70.9 Å². The zero-order valence-corrected chi connectivity index (χ0v) is 19.3. The molecule has 1 heterocycles. The molecule has 5 nitrogen and oxygen atoms in total. The number of carbonyl (C=O) groups is 2. The Morgan fingerprint density at radius 1 is 1.30 bits per heavy atom. The van der Waals surface area contributed by atoms with Crippen LogP contribution in [0, 0.1) is 17.8 Å². The van der Waals surface area contributed by atoms with Gasteiger partial charge >= 0.3 is 12.0 Å². The summed E-state index contributed by atoms with van der Waals surface area (Å²) in [7, 11) is 0. The summed E-state index contributed by atoms with van der Waals surface area (Å²) in [5, 5.41) is 12.8. The molecular formula is C24H33ClN2O3. The number of carboxylic acid groups (broad SMARTS) is 1. The molecule has 1 aliphatic carbocycles. The van der Waals surface area contributed by atoms with Crippen molar-refractivity contribution in [2.75, 3.05) is 6.54 Å². The molecule has 3 rings (SSSR count). The second kappa shape index (κ2) is 8.62. The Kier molecular flexibility index (Phi) is 6.51. The van der Waals surface area contributed by atoms with Gasteiger partial charge in [0.1, 0.15) is 0 Å². The molecule has 0 aromatic heterocycles. The van der Waals surface area contributed by atoms with Gasteiger partial charge in [-0.25, -0.2) is 4.79 Å². The molecule has 2 N–H and O–H groups in total. The van der Waals surface area contributed by atoms with Crippen molar-refractivity contribution in [3.8, 4) is 0 Å². The van der Waals surface area contributed by atoms with Gasteiger partial charge in [0, 0.05) is 17.8 Å². The molecule has 164 valence electrons. The minimum absolute atomic E-state index is 0.0920. The topological polar surface area (TPSA) is 69.6 Å². The number of rotatable bonds is 7. The lowest BCUT2D eigenvalue weighted by Gasteiger charge is -2.43. The molecule has 2 aliphatic rings. The third-order valence-electron chi connectivity index (χ3n) is 6.81. The molecule has 0 saturated heterocycles. The molecule has 1 aromatic carbocycles. The van der Waals surface area contributed by atoms with Gasteiger partial charge in [-0.15, -0.1) is 0 Å². The number of nitrogens with one attached hydrogen (secondary N) is 1. The number of carbonyl (C=O) groups excluding carboxylic acids is 1. The Morgan fingerprint density at radius 2 is 1.97 bits per heavy atom. The van der Waals surface area contributed by atoms with Crippen molar-refractivity contribution < 1.29 is 14.7 Å². The van der Waals surface area contributed by atoms with Crippen LogP contribution in [0.5, 0.6) is 0 Å². The molecule has 0 bridgehead atoms. The first-order valence-electron chi connectivity index (χ1n) is 10.9. The van der Waals surface area contributed by atoms with Gasteiger partial charge in [-0.1, -0.05) is 51.4 Å². The molecule has 6 heteroatoms. The van der Waals surface area contributed by atoms with Crippen molar-refractivity contribution in [2.45, 2.75) is 65.3 Å². The quantitative estimate of drug-likeness (QED) is 0.576. The van der Waals surface area contributed by atoms with E-state index >= 15 is 0 Å². The average molecular weight is 433 g/mol.